The Bertz CT molecular complexity index is 332. The number of imide groups is 1. The van der Waals surface area contributed by atoms with E-state index in [-0.39, 0.29) is 5.56 Å². The lowest BCUT2D eigenvalue weighted by molar-refractivity contribution is -0.118. The van der Waals surface area contributed by atoms with E-state index in [1.807, 2.05) is 0 Å². The zero-order valence-corrected chi connectivity index (χ0v) is 7.00. The molecule has 0 spiro atoms. The monoisotopic (exact) mass is 181 g/mol. The highest BCUT2D eigenvalue weighted by atomic mass is 19.1. The van der Waals surface area contributed by atoms with Crippen LogP contribution in [0.4, 0.5) is 4.39 Å². The van der Waals surface area contributed by atoms with E-state index in [0.29, 0.717) is 0 Å². The van der Waals surface area contributed by atoms with Gasteiger partial charge >= 0.3 is 0 Å². The topological polar surface area (TPSA) is 46.2 Å². The number of carbonyl (C=O) groups excluding carboxylic acids is 2. The maximum absolute atomic E-state index is 12.4. The number of rotatable bonds is 1. The number of amides is 2. The Hall–Kier alpha value is -1.71. The molecule has 0 aliphatic heterocycles. The third-order valence-electron chi connectivity index (χ3n) is 1.40. The summed E-state index contributed by atoms with van der Waals surface area (Å²) in [4.78, 5) is 21.6. The fourth-order valence-electron chi connectivity index (χ4n) is 0.833. The Morgan fingerprint density at radius 1 is 1.23 bits per heavy atom. The fourth-order valence-corrected chi connectivity index (χ4v) is 0.833. The van der Waals surface area contributed by atoms with Crippen molar-refractivity contribution in [2.75, 3.05) is 0 Å². The van der Waals surface area contributed by atoms with E-state index < -0.39 is 17.6 Å². The van der Waals surface area contributed by atoms with Crippen molar-refractivity contribution in [2.45, 2.75) is 6.92 Å². The lowest BCUT2D eigenvalue weighted by atomic mass is 10.2. The van der Waals surface area contributed by atoms with Crippen LogP contribution in [0.15, 0.2) is 24.3 Å². The molecule has 0 atom stereocenters. The molecule has 0 unspecified atom stereocenters. The number of nitrogens with one attached hydrogen (secondary N) is 1. The van der Waals surface area contributed by atoms with Gasteiger partial charge in [0.25, 0.3) is 5.91 Å². The second-order valence-electron chi connectivity index (χ2n) is 2.52. The van der Waals surface area contributed by atoms with Crippen molar-refractivity contribution >= 4 is 11.8 Å². The molecule has 1 aromatic rings. The summed E-state index contributed by atoms with van der Waals surface area (Å²) in [6.45, 7) is 1.24. The smallest absolute Gasteiger partial charge is 0.257 e. The molecule has 1 aromatic carbocycles. The molecular weight excluding hydrogens is 173 g/mol. The molecule has 0 heterocycles. The summed E-state index contributed by atoms with van der Waals surface area (Å²) in [6.07, 6.45) is 0. The number of carbonyl (C=O) groups is 2. The van der Waals surface area contributed by atoms with E-state index in [0.717, 1.165) is 12.1 Å². The van der Waals surface area contributed by atoms with Gasteiger partial charge in [0.15, 0.2) is 0 Å². The van der Waals surface area contributed by atoms with Gasteiger partial charge in [-0.3, -0.25) is 14.9 Å². The van der Waals surface area contributed by atoms with Crippen molar-refractivity contribution in [2.24, 2.45) is 0 Å². The van der Waals surface area contributed by atoms with Crippen LogP contribution in [0.25, 0.3) is 0 Å². The van der Waals surface area contributed by atoms with Crippen LogP contribution in [0.5, 0.6) is 0 Å². The summed E-state index contributed by atoms with van der Waals surface area (Å²) >= 11 is 0. The lowest BCUT2D eigenvalue weighted by Crippen LogP contribution is -2.27. The van der Waals surface area contributed by atoms with Crippen LogP contribution in [0.1, 0.15) is 17.3 Å². The largest absolute Gasteiger partial charge is 0.293 e. The van der Waals surface area contributed by atoms with Crippen LogP contribution in [0, 0.1) is 5.82 Å². The number of halogens is 1. The van der Waals surface area contributed by atoms with Crippen molar-refractivity contribution in [3.05, 3.63) is 35.6 Å². The number of benzene rings is 1. The van der Waals surface area contributed by atoms with E-state index in [1.54, 1.807) is 0 Å². The summed E-state index contributed by atoms with van der Waals surface area (Å²) < 4.78 is 12.4. The van der Waals surface area contributed by atoms with Crippen molar-refractivity contribution < 1.29 is 14.0 Å². The van der Waals surface area contributed by atoms with Crippen LogP contribution in [-0.4, -0.2) is 11.8 Å². The minimum absolute atomic E-state index is 0.261. The molecule has 0 bridgehead atoms. The first-order chi connectivity index (χ1) is 6.09. The van der Waals surface area contributed by atoms with E-state index >= 15 is 0 Å². The Morgan fingerprint density at radius 2 is 1.77 bits per heavy atom. The normalized spacial score (nSPS) is 9.38. The standard InChI is InChI=1S/C9H8FNO2/c1-6(12)11-9(13)7-2-4-8(10)5-3-7/h2-5H,1H3,(H,11,12,13). The van der Waals surface area contributed by atoms with E-state index in [1.165, 1.54) is 19.1 Å². The highest BCUT2D eigenvalue weighted by Gasteiger charge is 2.05. The molecule has 0 saturated heterocycles. The summed E-state index contributed by atoms with van der Waals surface area (Å²) in [5.41, 5.74) is 0.261. The Kier molecular flexibility index (Phi) is 2.74. The first kappa shape index (κ1) is 9.38. The molecule has 1 rings (SSSR count). The predicted molar refractivity (Wildman–Crippen MR) is 44.5 cm³/mol. The second kappa shape index (κ2) is 3.80. The van der Waals surface area contributed by atoms with Gasteiger partial charge in [-0.15, -0.1) is 0 Å². The molecule has 0 aliphatic carbocycles. The van der Waals surface area contributed by atoms with Gasteiger partial charge in [-0.05, 0) is 24.3 Å². The van der Waals surface area contributed by atoms with Gasteiger partial charge in [-0.2, -0.15) is 0 Å². The molecule has 0 radical (unpaired) electrons. The van der Waals surface area contributed by atoms with Gasteiger partial charge in [-0.1, -0.05) is 0 Å². The summed E-state index contributed by atoms with van der Waals surface area (Å²) in [7, 11) is 0. The maximum Gasteiger partial charge on any atom is 0.257 e. The molecule has 0 aliphatic rings. The summed E-state index contributed by atoms with van der Waals surface area (Å²) in [5.74, 6) is -1.37. The minimum Gasteiger partial charge on any atom is -0.293 e. The Balaban J connectivity index is 2.78. The first-order valence-corrected chi connectivity index (χ1v) is 3.67. The van der Waals surface area contributed by atoms with Crippen molar-refractivity contribution in [1.82, 2.24) is 5.32 Å². The lowest BCUT2D eigenvalue weighted by Gasteiger charge is -1.99. The van der Waals surface area contributed by atoms with Crippen LogP contribution >= 0.6 is 0 Å². The second-order valence-corrected chi connectivity index (χ2v) is 2.52. The van der Waals surface area contributed by atoms with Gasteiger partial charge in [0, 0.05) is 12.5 Å². The van der Waals surface area contributed by atoms with Crippen molar-refractivity contribution in [1.29, 1.82) is 0 Å². The SMILES string of the molecule is CC(=O)NC(=O)c1ccc(F)cc1. The fraction of sp³-hybridized carbons (Fsp3) is 0.111. The Labute approximate surface area is 74.6 Å². The quantitative estimate of drug-likeness (QED) is 0.705. The summed E-state index contributed by atoms with van der Waals surface area (Å²) in [6, 6.07) is 4.95. The van der Waals surface area contributed by atoms with E-state index in [9.17, 15) is 14.0 Å². The molecule has 0 aromatic heterocycles. The van der Waals surface area contributed by atoms with Gasteiger partial charge in [0.05, 0.1) is 0 Å². The first-order valence-electron chi connectivity index (χ1n) is 3.67. The molecule has 0 saturated carbocycles. The van der Waals surface area contributed by atoms with Crippen LogP contribution < -0.4 is 5.32 Å². The average Bonchev–Trinajstić information content (AvgIpc) is 2.04. The summed E-state index contributed by atoms with van der Waals surface area (Å²) in [5, 5.41) is 2.08. The third-order valence-corrected chi connectivity index (χ3v) is 1.40. The Morgan fingerprint density at radius 3 is 2.23 bits per heavy atom. The predicted octanol–water partition coefficient (Wildman–Crippen LogP) is 1.10. The van der Waals surface area contributed by atoms with Gasteiger partial charge < -0.3 is 0 Å². The van der Waals surface area contributed by atoms with E-state index in [4.69, 9.17) is 0 Å². The van der Waals surface area contributed by atoms with Crippen LogP contribution in [-0.2, 0) is 4.79 Å². The number of hydrogen-bond donors (Lipinski definition) is 1. The highest BCUT2D eigenvalue weighted by Crippen LogP contribution is 2.01. The molecular formula is C9H8FNO2. The van der Waals surface area contributed by atoms with Gasteiger partial charge in [0.2, 0.25) is 5.91 Å². The number of hydrogen-bond acceptors (Lipinski definition) is 2. The van der Waals surface area contributed by atoms with Gasteiger partial charge in [0.1, 0.15) is 5.82 Å². The van der Waals surface area contributed by atoms with E-state index in [2.05, 4.69) is 5.32 Å². The van der Waals surface area contributed by atoms with Crippen molar-refractivity contribution in [3.63, 3.8) is 0 Å². The van der Waals surface area contributed by atoms with Gasteiger partial charge in [-0.25, -0.2) is 4.39 Å². The molecule has 4 heteroatoms. The highest BCUT2D eigenvalue weighted by molar-refractivity contribution is 6.03. The zero-order chi connectivity index (χ0) is 9.84. The molecule has 13 heavy (non-hydrogen) atoms. The van der Waals surface area contributed by atoms with Crippen molar-refractivity contribution in [3.8, 4) is 0 Å². The molecule has 1 N–H and O–H groups in total. The molecule has 3 nitrogen and oxygen atoms in total. The molecule has 0 fully saturated rings. The third kappa shape index (κ3) is 2.66. The van der Waals surface area contributed by atoms with Crippen LogP contribution in [0.2, 0.25) is 0 Å². The molecule has 68 valence electrons. The minimum atomic E-state index is -0.521. The average molecular weight is 181 g/mol. The van der Waals surface area contributed by atoms with Crippen LogP contribution in [0.3, 0.4) is 0 Å². The maximum atomic E-state index is 12.4. The molecule has 2 amide bonds. The zero-order valence-electron chi connectivity index (χ0n) is 7.00.